The van der Waals surface area contributed by atoms with Crippen LogP contribution in [0.15, 0.2) is 54.9 Å². The summed E-state index contributed by atoms with van der Waals surface area (Å²) in [5.41, 5.74) is 2.02. The highest BCUT2D eigenvalue weighted by atomic mass is 16.3. The van der Waals surface area contributed by atoms with Crippen LogP contribution in [0, 0.1) is 0 Å². The molecule has 0 aliphatic rings. The molecule has 0 bridgehead atoms. The molecule has 4 heteroatoms. The van der Waals surface area contributed by atoms with Crippen LogP contribution in [0.1, 0.15) is 30.4 Å². The summed E-state index contributed by atoms with van der Waals surface area (Å²) in [6.07, 6.45) is 3.93. The van der Waals surface area contributed by atoms with Gasteiger partial charge in [0.15, 0.2) is 0 Å². The Kier molecular flexibility index (Phi) is 6.10. The average Bonchev–Trinajstić information content (AvgIpc) is 2.53. The highest BCUT2D eigenvalue weighted by Gasteiger charge is 2.15. The second-order valence-electron chi connectivity index (χ2n) is 5.53. The number of rotatable bonds is 7. The van der Waals surface area contributed by atoms with Crippen molar-refractivity contribution in [2.45, 2.75) is 31.8 Å². The third-order valence-electron chi connectivity index (χ3n) is 3.53. The summed E-state index contributed by atoms with van der Waals surface area (Å²) in [5.74, 6) is 0.0820. The first-order valence-electron chi connectivity index (χ1n) is 7.53. The van der Waals surface area contributed by atoms with E-state index in [1.165, 1.54) is 0 Å². The molecule has 2 atom stereocenters. The summed E-state index contributed by atoms with van der Waals surface area (Å²) in [7, 11) is 0. The number of pyridine rings is 1. The summed E-state index contributed by atoms with van der Waals surface area (Å²) < 4.78 is 0. The molecule has 0 saturated carbocycles. The predicted molar refractivity (Wildman–Crippen MR) is 86.4 cm³/mol. The number of aliphatic hydroxyl groups excluding tert-OH is 1. The third-order valence-corrected chi connectivity index (χ3v) is 3.53. The predicted octanol–water partition coefficient (Wildman–Crippen LogP) is 2.29. The van der Waals surface area contributed by atoms with Crippen molar-refractivity contribution in [2.75, 3.05) is 6.54 Å². The zero-order valence-electron chi connectivity index (χ0n) is 12.8. The van der Waals surface area contributed by atoms with Crippen LogP contribution in [-0.4, -0.2) is 28.6 Å². The van der Waals surface area contributed by atoms with Gasteiger partial charge in [0.1, 0.15) is 0 Å². The Hall–Kier alpha value is -2.20. The van der Waals surface area contributed by atoms with Crippen LogP contribution in [0.4, 0.5) is 0 Å². The summed E-state index contributed by atoms with van der Waals surface area (Å²) in [6, 6.07) is 13.7. The maximum Gasteiger partial charge on any atom is 0.224 e. The number of benzene rings is 1. The van der Waals surface area contributed by atoms with E-state index in [4.69, 9.17) is 0 Å². The molecule has 0 aliphatic carbocycles. The van der Waals surface area contributed by atoms with E-state index < -0.39 is 6.10 Å². The molecule has 2 aromatic rings. The Balaban J connectivity index is 1.92. The van der Waals surface area contributed by atoms with Gasteiger partial charge < -0.3 is 10.4 Å². The van der Waals surface area contributed by atoms with E-state index in [1.54, 1.807) is 19.3 Å². The van der Waals surface area contributed by atoms with Crippen molar-refractivity contribution >= 4 is 5.91 Å². The van der Waals surface area contributed by atoms with E-state index in [0.717, 1.165) is 11.1 Å². The van der Waals surface area contributed by atoms with Gasteiger partial charge in [-0.25, -0.2) is 0 Å². The van der Waals surface area contributed by atoms with Crippen LogP contribution in [0.25, 0.3) is 0 Å². The van der Waals surface area contributed by atoms with Crippen molar-refractivity contribution in [1.29, 1.82) is 0 Å². The van der Waals surface area contributed by atoms with E-state index in [-0.39, 0.29) is 11.8 Å². The molecule has 4 nitrogen and oxygen atoms in total. The van der Waals surface area contributed by atoms with Gasteiger partial charge in [-0.2, -0.15) is 0 Å². The number of aliphatic hydroxyl groups is 1. The van der Waals surface area contributed by atoms with Gasteiger partial charge >= 0.3 is 0 Å². The van der Waals surface area contributed by atoms with Crippen LogP contribution in [0.2, 0.25) is 0 Å². The molecule has 1 amide bonds. The van der Waals surface area contributed by atoms with Gasteiger partial charge in [-0.1, -0.05) is 36.4 Å². The minimum absolute atomic E-state index is 0.0282. The smallest absolute Gasteiger partial charge is 0.224 e. The van der Waals surface area contributed by atoms with Crippen molar-refractivity contribution in [2.24, 2.45) is 0 Å². The zero-order valence-corrected chi connectivity index (χ0v) is 12.8. The third kappa shape index (κ3) is 5.30. The number of amides is 1. The molecule has 1 heterocycles. The van der Waals surface area contributed by atoms with Gasteiger partial charge in [0.05, 0.1) is 12.5 Å². The number of aromatic nitrogens is 1. The quantitative estimate of drug-likeness (QED) is 0.824. The molecule has 0 aliphatic heterocycles. The summed E-state index contributed by atoms with van der Waals surface area (Å²) in [5, 5.41) is 12.6. The van der Waals surface area contributed by atoms with E-state index in [0.29, 0.717) is 19.4 Å². The Bertz CT molecular complexity index is 570. The first kappa shape index (κ1) is 16.2. The molecule has 22 heavy (non-hydrogen) atoms. The summed E-state index contributed by atoms with van der Waals surface area (Å²) in [4.78, 5) is 16.0. The number of carbonyl (C=O) groups is 1. The van der Waals surface area contributed by atoms with Gasteiger partial charge in [0.25, 0.3) is 0 Å². The lowest BCUT2D eigenvalue weighted by Crippen LogP contribution is -2.30. The minimum atomic E-state index is -0.402. The van der Waals surface area contributed by atoms with Gasteiger partial charge in [0, 0.05) is 24.9 Å². The van der Waals surface area contributed by atoms with Gasteiger partial charge in [-0.3, -0.25) is 9.78 Å². The van der Waals surface area contributed by atoms with E-state index in [1.807, 2.05) is 42.5 Å². The van der Waals surface area contributed by atoms with Crippen LogP contribution in [-0.2, 0) is 11.2 Å². The van der Waals surface area contributed by atoms with Crippen molar-refractivity contribution in [3.8, 4) is 0 Å². The summed E-state index contributed by atoms with van der Waals surface area (Å²) in [6.45, 7) is 2.29. The monoisotopic (exact) mass is 298 g/mol. The molecule has 0 fully saturated rings. The Labute approximate surface area is 131 Å². The van der Waals surface area contributed by atoms with Gasteiger partial charge in [0.2, 0.25) is 5.91 Å². The highest BCUT2D eigenvalue weighted by Crippen LogP contribution is 2.20. The van der Waals surface area contributed by atoms with Crippen molar-refractivity contribution < 1.29 is 9.90 Å². The van der Waals surface area contributed by atoms with Crippen molar-refractivity contribution in [1.82, 2.24) is 10.3 Å². The number of hydrogen-bond acceptors (Lipinski definition) is 3. The Morgan fingerprint density at radius 1 is 1.23 bits per heavy atom. The van der Waals surface area contributed by atoms with E-state index >= 15 is 0 Å². The fourth-order valence-corrected chi connectivity index (χ4v) is 2.46. The molecule has 1 aromatic carbocycles. The standard InChI is InChI=1S/C18H22N2O2/c1-14(21)10-17(16-7-3-2-4-8-16)13-20-18(22)11-15-6-5-9-19-12-15/h2-9,12,14,17,21H,10-11,13H2,1H3,(H,20,22)/t14-,17-/m1/s1. The largest absolute Gasteiger partial charge is 0.393 e. The van der Waals surface area contributed by atoms with E-state index in [2.05, 4.69) is 10.3 Å². The molecular weight excluding hydrogens is 276 g/mol. The van der Waals surface area contributed by atoms with Crippen molar-refractivity contribution in [3.63, 3.8) is 0 Å². The fourth-order valence-electron chi connectivity index (χ4n) is 2.46. The molecule has 0 spiro atoms. The van der Waals surface area contributed by atoms with Crippen LogP contribution in [0.3, 0.4) is 0 Å². The maximum absolute atomic E-state index is 12.0. The van der Waals surface area contributed by atoms with Crippen LogP contribution < -0.4 is 5.32 Å². The average molecular weight is 298 g/mol. The molecule has 2 rings (SSSR count). The molecule has 1 aromatic heterocycles. The molecule has 2 N–H and O–H groups in total. The van der Waals surface area contributed by atoms with Gasteiger partial charge in [-0.15, -0.1) is 0 Å². The number of nitrogens with one attached hydrogen (secondary N) is 1. The molecule has 0 saturated heterocycles. The lowest BCUT2D eigenvalue weighted by atomic mass is 9.93. The lowest BCUT2D eigenvalue weighted by molar-refractivity contribution is -0.120. The normalized spacial score (nSPS) is 13.4. The Morgan fingerprint density at radius 2 is 2.00 bits per heavy atom. The number of carbonyl (C=O) groups excluding carboxylic acids is 1. The van der Waals surface area contributed by atoms with Gasteiger partial charge in [-0.05, 0) is 30.5 Å². The van der Waals surface area contributed by atoms with Crippen LogP contribution in [0.5, 0.6) is 0 Å². The number of nitrogens with zero attached hydrogens (tertiary/aromatic N) is 1. The molecular formula is C18H22N2O2. The zero-order chi connectivity index (χ0) is 15.8. The minimum Gasteiger partial charge on any atom is -0.393 e. The topological polar surface area (TPSA) is 62.2 Å². The SMILES string of the molecule is C[C@@H](O)C[C@H](CNC(=O)Cc1cccnc1)c1ccccc1. The summed E-state index contributed by atoms with van der Waals surface area (Å²) >= 11 is 0. The molecule has 116 valence electrons. The fraction of sp³-hybridized carbons (Fsp3) is 0.333. The Morgan fingerprint density at radius 3 is 2.64 bits per heavy atom. The second-order valence-corrected chi connectivity index (χ2v) is 5.53. The maximum atomic E-state index is 12.0. The van der Waals surface area contributed by atoms with Crippen LogP contribution >= 0.6 is 0 Å². The second kappa shape index (κ2) is 8.29. The lowest BCUT2D eigenvalue weighted by Gasteiger charge is -2.19. The molecule has 0 radical (unpaired) electrons. The first-order valence-corrected chi connectivity index (χ1v) is 7.53. The highest BCUT2D eigenvalue weighted by molar-refractivity contribution is 5.78. The first-order chi connectivity index (χ1) is 10.6. The number of hydrogen-bond donors (Lipinski definition) is 2. The van der Waals surface area contributed by atoms with Crippen molar-refractivity contribution in [3.05, 3.63) is 66.0 Å². The van der Waals surface area contributed by atoms with E-state index in [9.17, 15) is 9.90 Å². The molecule has 0 unspecified atom stereocenters.